The van der Waals surface area contributed by atoms with Crippen molar-refractivity contribution in [3.05, 3.63) is 68.9 Å². The van der Waals surface area contributed by atoms with Gasteiger partial charge in [-0.05, 0) is 67.9 Å². The monoisotopic (exact) mass is 533 g/mol. The van der Waals surface area contributed by atoms with Gasteiger partial charge >= 0.3 is 0 Å². The van der Waals surface area contributed by atoms with Crippen LogP contribution in [0.2, 0.25) is 5.02 Å². The van der Waals surface area contributed by atoms with Crippen LogP contribution in [0.3, 0.4) is 0 Å². The molecule has 3 N–H and O–H groups in total. The Kier molecular flexibility index (Phi) is 5.81. The lowest BCUT2D eigenvalue weighted by Crippen LogP contribution is -2.36. The summed E-state index contributed by atoms with van der Waals surface area (Å²) < 4.78 is 1.76. The number of hydrogen-bond donors (Lipinski definition) is 3. The number of carbonyl (C=O) groups excluding carboxylic acids is 1. The molecule has 0 aliphatic heterocycles. The summed E-state index contributed by atoms with van der Waals surface area (Å²) >= 11 is 7.74. The Bertz CT molecular complexity index is 1600. The van der Waals surface area contributed by atoms with Crippen LogP contribution in [0.1, 0.15) is 40.5 Å². The van der Waals surface area contributed by atoms with Gasteiger partial charge in [0.1, 0.15) is 11.9 Å². The summed E-state index contributed by atoms with van der Waals surface area (Å²) in [6, 6.07) is 11.0. The maximum atomic E-state index is 12.4. The van der Waals surface area contributed by atoms with Gasteiger partial charge in [0.25, 0.3) is 0 Å². The van der Waals surface area contributed by atoms with Gasteiger partial charge in [0.2, 0.25) is 5.82 Å². The zero-order valence-electron chi connectivity index (χ0n) is 20.1. The lowest BCUT2D eigenvalue weighted by Gasteiger charge is -2.23. The van der Waals surface area contributed by atoms with Crippen molar-refractivity contribution in [3.63, 3.8) is 0 Å². The molecule has 37 heavy (non-hydrogen) atoms. The van der Waals surface area contributed by atoms with Crippen molar-refractivity contribution in [3.8, 4) is 11.8 Å². The van der Waals surface area contributed by atoms with Gasteiger partial charge in [-0.25, -0.2) is 15.0 Å². The van der Waals surface area contributed by atoms with Gasteiger partial charge in [0.15, 0.2) is 17.0 Å². The van der Waals surface area contributed by atoms with E-state index in [0.717, 1.165) is 15.3 Å². The second kappa shape index (κ2) is 8.92. The lowest BCUT2D eigenvalue weighted by atomic mass is 9.95. The molecule has 0 amide bonds. The topological polar surface area (TPSA) is 113 Å². The number of Topliss-reactive ketones (excluding diaryl/α,β-unsaturated/α-hetero) is 1. The fourth-order valence-electron chi connectivity index (χ4n) is 5.54. The molecule has 8 nitrogen and oxygen atoms in total. The Hall–Kier alpha value is -3.29. The van der Waals surface area contributed by atoms with Crippen LogP contribution in [0.4, 0.5) is 5.82 Å². The summed E-state index contributed by atoms with van der Waals surface area (Å²) in [5.41, 5.74) is 1.07. The molecule has 2 unspecified atom stereocenters. The zero-order valence-corrected chi connectivity index (χ0v) is 21.7. The van der Waals surface area contributed by atoms with Gasteiger partial charge in [-0.3, -0.25) is 4.79 Å². The molecule has 0 bridgehead atoms. The van der Waals surface area contributed by atoms with E-state index in [2.05, 4.69) is 27.1 Å². The smallest absolute Gasteiger partial charge is 0.209 e. The molecule has 4 aromatic rings. The molecule has 2 aliphatic carbocycles. The normalized spacial score (nSPS) is 26.0. The summed E-state index contributed by atoms with van der Waals surface area (Å²) in [5, 5.41) is 25.6. The number of carbonyl (C=O) groups is 1. The lowest BCUT2D eigenvalue weighted by molar-refractivity contribution is -0.128. The maximum Gasteiger partial charge on any atom is 0.209 e. The number of nitrogens with one attached hydrogen (secondary N) is 1. The van der Waals surface area contributed by atoms with Crippen LogP contribution in [-0.2, 0) is 11.3 Å². The average molecular weight is 534 g/mol. The molecule has 2 aliphatic rings. The van der Waals surface area contributed by atoms with Gasteiger partial charge < -0.3 is 20.1 Å². The quantitative estimate of drug-likeness (QED) is 0.335. The van der Waals surface area contributed by atoms with Crippen LogP contribution in [0.25, 0.3) is 11.2 Å². The van der Waals surface area contributed by atoms with E-state index in [-0.39, 0.29) is 11.7 Å². The second-order valence-corrected chi connectivity index (χ2v) is 11.4. The molecule has 0 saturated heterocycles. The second-order valence-electron chi connectivity index (χ2n) is 9.70. The third kappa shape index (κ3) is 4.01. The molecule has 1 aromatic carbocycles. The third-order valence-corrected chi connectivity index (χ3v) is 8.61. The maximum absolute atomic E-state index is 12.4. The number of anilines is 1. The Morgan fingerprint density at radius 3 is 2.81 bits per heavy atom. The molecule has 6 rings (SSSR count). The predicted molar refractivity (Wildman–Crippen MR) is 141 cm³/mol. The van der Waals surface area contributed by atoms with Crippen molar-refractivity contribution >= 4 is 45.7 Å². The first kappa shape index (κ1) is 24.1. The van der Waals surface area contributed by atoms with Crippen LogP contribution in [0.5, 0.6) is 0 Å². The Labute approximate surface area is 222 Å². The largest absolute Gasteiger partial charge is 0.389 e. The molecule has 5 atom stereocenters. The summed E-state index contributed by atoms with van der Waals surface area (Å²) in [6.07, 6.45) is -0.110. The average Bonchev–Trinajstić information content (AvgIpc) is 3.12. The third-order valence-electron chi connectivity index (χ3n) is 7.46. The number of aryl methyl sites for hydroxylation is 1. The molecule has 188 valence electrons. The van der Waals surface area contributed by atoms with Crippen LogP contribution in [-0.4, -0.2) is 47.7 Å². The van der Waals surface area contributed by atoms with E-state index < -0.39 is 23.7 Å². The van der Waals surface area contributed by atoms with Crippen molar-refractivity contribution in [2.24, 2.45) is 11.3 Å². The molecule has 3 heterocycles. The number of imidazole rings is 1. The summed E-state index contributed by atoms with van der Waals surface area (Å²) in [7, 11) is 0. The molecule has 2 fully saturated rings. The fraction of sp³-hybridized carbons (Fsp3) is 0.333. The summed E-state index contributed by atoms with van der Waals surface area (Å²) in [5.74, 6) is 6.69. The highest BCUT2D eigenvalue weighted by molar-refractivity contribution is 7.12. The van der Waals surface area contributed by atoms with Crippen molar-refractivity contribution in [1.82, 2.24) is 19.5 Å². The number of halogens is 1. The number of benzene rings is 1. The van der Waals surface area contributed by atoms with E-state index in [1.165, 1.54) is 6.92 Å². The SMILES string of the molecule is CC(=O)[C@@]12CC1[C@@H](n1cnc3c(NCc4cccc(Cl)c4)nc(C#Cc4ccc(C)s4)nc31)[C@H](O)C2O. The molecule has 10 heteroatoms. The number of aliphatic hydroxyl groups excluding tert-OH is 2. The van der Waals surface area contributed by atoms with Crippen LogP contribution in [0.15, 0.2) is 42.7 Å². The molecular formula is C27H24ClN5O3S. The Morgan fingerprint density at radius 1 is 1.27 bits per heavy atom. The van der Waals surface area contributed by atoms with E-state index >= 15 is 0 Å². The number of nitrogens with zero attached hydrogens (tertiary/aromatic N) is 4. The summed E-state index contributed by atoms with van der Waals surface area (Å²) in [6.45, 7) is 3.96. The number of ketones is 1. The highest BCUT2D eigenvalue weighted by Crippen LogP contribution is 2.68. The first-order chi connectivity index (χ1) is 17.8. The van der Waals surface area contributed by atoms with Gasteiger partial charge in [0, 0.05) is 16.4 Å². The van der Waals surface area contributed by atoms with E-state index in [1.807, 2.05) is 43.3 Å². The zero-order chi connectivity index (χ0) is 25.9. The first-order valence-corrected chi connectivity index (χ1v) is 13.2. The number of hydrogen-bond acceptors (Lipinski definition) is 8. The van der Waals surface area contributed by atoms with Crippen LogP contribution < -0.4 is 5.32 Å². The van der Waals surface area contributed by atoms with Gasteiger partial charge in [-0.2, -0.15) is 0 Å². The minimum Gasteiger partial charge on any atom is -0.389 e. The standard InChI is InChI=1S/C27H24ClN5O3S/c1-14-6-7-18(37-14)8-9-20-31-25(29-12-16-4-3-5-17(28)10-16)21-26(32-20)33(13-30-21)22-19-11-27(19,15(2)34)24(36)23(22)35/h3-7,10,13,19,22-24,35-36H,11-12H2,1-2H3,(H,29,31,32)/t19?,22-,23+,24?,27+/m1/s1. The van der Waals surface area contributed by atoms with Crippen molar-refractivity contribution in [2.45, 2.75) is 45.1 Å². The molecule has 0 spiro atoms. The molecular weight excluding hydrogens is 510 g/mol. The number of fused-ring (bicyclic) bond motifs is 2. The first-order valence-electron chi connectivity index (χ1n) is 12.0. The number of thiophene rings is 1. The molecule has 0 radical (unpaired) electrons. The molecule has 2 saturated carbocycles. The van der Waals surface area contributed by atoms with Crippen molar-refractivity contribution in [1.29, 1.82) is 0 Å². The van der Waals surface area contributed by atoms with Gasteiger partial charge in [-0.1, -0.05) is 23.7 Å². The highest BCUT2D eigenvalue weighted by atomic mass is 35.5. The van der Waals surface area contributed by atoms with Crippen LogP contribution in [0, 0.1) is 30.1 Å². The number of aromatic nitrogens is 4. The van der Waals surface area contributed by atoms with Gasteiger partial charge in [-0.15, -0.1) is 11.3 Å². The van der Waals surface area contributed by atoms with E-state index in [9.17, 15) is 15.0 Å². The highest BCUT2D eigenvalue weighted by Gasteiger charge is 2.74. The van der Waals surface area contributed by atoms with E-state index in [4.69, 9.17) is 16.6 Å². The predicted octanol–water partition coefficient (Wildman–Crippen LogP) is 3.73. The van der Waals surface area contributed by atoms with Crippen molar-refractivity contribution < 1.29 is 15.0 Å². The number of aliphatic hydroxyl groups is 2. The minimum atomic E-state index is -1.12. The van der Waals surface area contributed by atoms with Crippen LogP contribution >= 0.6 is 22.9 Å². The van der Waals surface area contributed by atoms with Crippen molar-refractivity contribution in [2.75, 3.05) is 5.32 Å². The molecule has 3 aromatic heterocycles. The van der Waals surface area contributed by atoms with Gasteiger partial charge in [0.05, 0.1) is 28.8 Å². The minimum absolute atomic E-state index is 0.104. The fourth-order valence-corrected chi connectivity index (χ4v) is 6.47. The Balaban J connectivity index is 1.42. The Morgan fingerprint density at radius 2 is 2.11 bits per heavy atom. The van der Waals surface area contributed by atoms with E-state index in [1.54, 1.807) is 22.2 Å². The number of rotatable bonds is 5. The summed E-state index contributed by atoms with van der Waals surface area (Å²) in [4.78, 5) is 28.3. The van der Waals surface area contributed by atoms with E-state index in [0.29, 0.717) is 40.8 Å².